The van der Waals surface area contributed by atoms with E-state index < -0.39 is 18.0 Å². The number of halogens is 1. The topological polar surface area (TPSA) is 96.9 Å². The molecule has 1 aromatic rings. The number of urea groups is 1. The van der Waals surface area contributed by atoms with Gasteiger partial charge in [-0.3, -0.25) is 0 Å². The van der Waals surface area contributed by atoms with Crippen molar-refractivity contribution in [2.45, 2.75) is 46.3 Å². The number of phenolic OH excluding ortho intramolecular Hbond substituents is 1. The Hall–Kier alpha value is -2.22. The van der Waals surface area contributed by atoms with Crippen LogP contribution in [-0.4, -0.2) is 29.8 Å². The van der Waals surface area contributed by atoms with Crippen molar-refractivity contribution in [3.05, 3.63) is 33.4 Å². The van der Waals surface area contributed by atoms with E-state index in [2.05, 4.69) is 26.6 Å². The van der Waals surface area contributed by atoms with Crippen LogP contribution in [0.4, 0.5) is 4.79 Å². The van der Waals surface area contributed by atoms with Crippen LogP contribution in [0.2, 0.25) is 0 Å². The molecule has 8 heteroatoms. The molecule has 0 fully saturated rings. The van der Waals surface area contributed by atoms with Crippen molar-refractivity contribution in [2.75, 3.05) is 6.61 Å². The fourth-order valence-corrected chi connectivity index (χ4v) is 3.03. The number of hydrogen-bond acceptors (Lipinski definition) is 5. The van der Waals surface area contributed by atoms with E-state index >= 15 is 0 Å². The van der Waals surface area contributed by atoms with Gasteiger partial charge in [0.15, 0.2) is 11.5 Å². The molecular weight excluding hydrogens is 404 g/mol. The van der Waals surface area contributed by atoms with E-state index in [0.717, 1.165) is 0 Å². The van der Waals surface area contributed by atoms with E-state index in [0.29, 0.717) is 34.3 Å². The molecule has 0 radical (unpaired) electrons. The van der Waals surface area contributed by atoms with Gasteiger partial charge in [0.1, 0.15) is 0 Å². The normalized spacial score (nSPS) is 18.0. The van der Waals surface area contributed by atoms with Gasteiger partial charge in [-0.2, -0.15) is 0 Å². The van der Waals surface area contributed by atoms with Crippen LogP contribution in [0.3, 0.4) is 0 Å². The van der Waals surface area contributed by atoms with Crippen molar-refractivity contribution in [3.63, 3.8) is 0 Å². The number of esters is 1. The second kappa shape index (κ2) is 8.44. The minimum Gasteiger partial charge on any atom is -0.503 e. The fraction of sp³-hybridized carbons (Fsp3) is 0.444. The molecule has 2 rings (SSSR count). The maximum absolute atomic E-state index is 12.7. The summed E-state index contributed by atoms with van der Waals surface area (Å²) < 4.78 is 11.3. The molecule has 0 saturated carbocycles. The van der Waals surface area contributed by atoms with Crippen molar-refractivity contribution in [1.29, 1.82) is 0 Å². The monoisotopic (exact) mass is 426 g/mol. The maximum atomic E-state index is 12.7. The molecule has 0 saturated heterocycles. The first-order valence-corrected chi connectivity index (χ1v) is 9.22. The SMILES string of the molecule is CCOc1cc([C@@H]2NC(=O)NC(C)=C2C(=O)O[C@H](C)CC)cc(Br)c1O. The Morgan fingerprint density at radius 2 is 2.08 bits per heavy atom. The number of allylic oxidation sites excluding steroid dienone is 1. The molecule has 1 aliphatic rings. The highest BCUT2D eigenvalue weighted by atomic mass is 79.9. The Kier molecular flexibility index (Phi) is 6.52. The van der Waals surface area contributed by atoms with Crippen LogP contribution in [0.15, 0.2) is 27.9 Å². The Labute approximate surface area is 160 Å². The third-order valence-corrected chi connectivity index (χ3v) is 4.66. The molecule has 1 aromatic carbocycles. The van der Waals surface area contributed by atoms with Crippen molar-refractivity contribution in [3.8, 4) is 11.5 Å². The van der Waals surface area contributed by atoms with Gasteiger partial charge in [-0.15, -0.1) is 0 Å². The highest BCUT2D eigenvalue weighted by Crippen LogP contribution is 2.39. The Morgan fingerprint density at radius 1 is 1.38 bits per heavy atom. The van der Waals surface area contributed by atoms with Gasteiger partial charge in [0.25, 0.3) is 0 Å². The molecule has 0 aliphatic carbocycles. The largest absolute Gasteiger partial charge is 0.503 e. The third-order valence-electron chi connectivity index (χ3n) is 4.06. The van der Waals surface area contributed by atoms with Crippen molar-refractivity contribution < 1.29 is 24.2 Å². The zero-order valence-corrected chi connectivity index (χ0v) is 16.8. The van der Waals surface area contributed by atoms with Crippen LogP contribution in [0, 0.1) is 0 Å². The average Bonchev–Trinajstić information content (AvgIpc) is 2.57. The van der Waals surface area contributed by atoms with Crippen molar-refractivity contribution in [2.24, 2.45) is 0 Å². The minimum absolute atomic E-state index is 0.0414. The van der Waals surface area contributed by atoms with Gasteiger partial charge in [-0.05, 0) is 60.8 Å². The lowest BCUT2D eigenvalue weighted by molar-refractivity contribution is -0.144. The standard InChI is InChI=1S/C18H23BrN2O5/c1-5-9(3)26-17(23)14-10(4)20-18(24)21-15(14)11-7-12(19)16(22)13(8-11)25-6-2/h7-9,15,22H,5-6H2,1-4H3,(H2,20,21,24)/t9-,15+/m1/s1. The first-order valence-electron chi connectivity index (χ1n) is 8.42. The smallest absolute Gasteiger partial charge is 0.338 e. The van der Waals surface area contributed by atoms with Crippen molar-refractivity contribution in [1.82, 2.24) is 10.6 Å². The summed E-state index contributed by atoms with van der Waals surface area (Å²) in [6.07, 6.45) is 0.438. The summed E-state index contributed by atoms with van der Waals surface area (Å²) in [6.45, 7) is 7.54. The number of hydrogen-bond donors (Lipinski definition) is 3. The molecule has 2 atom stereocenters. The summed E-state index contributed by atoms with van der Waals surface area (Å²) in [5, 5.41) is 15.4. The Balaban J connectivity index is 2.49. The Bertz CT molecular complexity index is 747. The van der Waals surface area contributed by atoms with Gasteiger partial charge in [0.2, 0.25) is 0 Å². The maximum Gasteiger partial charge on any atom is 0.338 e. The number of rotatable bonds is 6. The van der Waals surface area contributed by atoms with E-state index in [1.165, 1.54) is 0 Å². The third kappa shape index (κ3) is 4.30. The van der Waals surface area contributed by atoms with E-state index in [1.54, 1.807) is 26.0 Å². The van der Waals surface area contributed by atoms with Gasteiger partial charge < -0.3 is 25.2 Å². The lowest BCUT2D eigenvalue weighted by atomic mass is 9.95. The summed E-state index contributed by atoms with van der Waals surface area (Å²) in [4.78, 5) is 24.6. The molecule has 3 N–H and O–H groups in total. The zero-order chi connectivity index (χ0) is 19.4. The summed E-state index contributed by atoms with van der Waals surface area (Å²) in [5.41, 5.74) is 1.32. The van der Waals surface area contributed by atoms with Crippen LogP contribution in [0.25, 0.3) is 0 Å². The molecule has 0 unspecified atom stereocenters. The number of ether oxygens (including phenoxy) is 2. The molecule has 7 nitrogen and oxygen atoms in total. The van der Waals surface area contributed by atoms with Gasteiger partial charge in [-0.1, -0.05) is 6.92 Å². The van der Waals surface area contributed by atoms with Gasteiger partial charge >= 0.3 is 12.0 Å². The minimum atomic E-state index is -0.726. The number of aromatic hydroxyl groups is 1. The second-order valence-electron chi connectivity index (χ2n) is 5.98. The predicted octanol–water partition coefficient (Wildman–Crippen LogP) is 3.52. The van der Waals surface area contributed by atoms with E-state index in [1.807, 2.05) is 13.8 Å². The molecule has 26 heavy (non-hydrogen) atoms. The van der Waals surface area contributed by atoms with Crippen LogP contribution in [0.1, 0.15) is 45.7 Å². The van der Waals surface area contributed by atoms with Crippen LogP contribution >= 0.6 is 15.9 Å². The zero-order valence-electron chi connectivity index (χ0n) is 15.2. The molecule has 0 bridgehead atoms. The highest BCUT2D eigenvalue weighted by Gasteiger charge is 2.33. The highest BCUT2D eigenvalue weighted by molar-refractivity contribution is 9.10. The van der Waals surface area contributed by atoms with Gasteiger partial charge in [-0.25, -0.2) is 9.59 Å². The van der Waals surface area contributed by atoms with Crippen LogP contribution < -0.4 is 15.4 Å². The van der Waals surface area contributed by atoms with Gasteiger partial charge in [0, 0.05) is 5.70 Å². The summed E-state index contributed by atoms with van der Waals surface area (Å²) >= 11 is 3.28. The second-order valence-corrected chi connectivity index (χ2v) is 6.83. The lowest BCUT2D eigenvalue weighted by Gasteiger charge is -2.29. The number of benzene rings is 1. The molecule has 142 valence electrons. The molecule has 1 aliphatic heterocycles. The fourth-order valence-electron chi connectivity index (χ4n) is 2.57. The first kappa shape index (κ1) is 20.1. The van der Waals surface area contributed by atoms with Gasteiger partial charge in [0.05, 0.1) is 28.8 Å². The number of phenols is 1. The number of amides is 2. The summed E-state index contributed by atoms with van der Waals surface area (Å²) in [7, 11) is 0. The summed E-state index contributed by atoms with van der Waals surface area (Å²) in [5.74, 6) is -0.284. The van der Waals surface area contributed by atoms with E-state index in [9.17, 15) is 14.7 Å². The van der Waals surface area contributed by atoms with Crippen LogP contribution in [-0.2, 0) is 9.53 Å². The number of carbonyl (C=O) groups is 2. The molecular formula is C18H23BrN2O5. The Morgan fingerprint density at radius 3 is 2.69 bits per heavy atom. The van der Waals surface area contributed by atoms with Crippen molar-refractivity contribution >= 4 is 27.9 Å². The molecule has 0 spiro atoms. The number of carbonyl (C=O) groups excluding carboxylic acids is 2. The average molecular weight is 427 g/mol. The summed E-state index contributed by atoms with van der Waals surface area (Å²) in [6, 6.07) is 2.09. The quantitative estimate of drug-likeness (QED) is 0.604. The lowest BCUT2D eigenvalue weighted by Crippen LogP contribution is -2.45. The molecule has 1 heterocycles. The van der Waals surface area contributed by atoms with E-state index in [-0.39, 0.29) is 17.6 Å². The van der Waals surface area contributed by atoms with E-state index in [4.69, 9.17) is 9.47 Å². The van der Waals surface area contributed by atoms with Crippen LogP contribution in [0.5, 0.6) is 11.5 Å². The molecule has 2 amide bonds. The first-order chi connectivity index (χ1) is 12.3. The number of nitrogens with one attached hydrogen (secondary N) is 2. The molecule has 0 aromatic heterocycles. The predicted molar refractivity (Wildman–Crippen MR) is 99.9 cm³/mol.